The van der Waals surface area contributed by atoms with Crippen LogP contribution in [0.4, 0.5) is 10.2 Å². The van der Waals surface area contributed by atoms with Gasteiger partial charge in [0.25, 0.3) is 0 Å². The molecule has 0 saturated carbocycles. The number of aryl methyl sites for hydroxylation is 2. The fourth-order valence-electron chi connectivity index (χ4n) is 4.80. The normalized spacial score (nSPS) is 21.7. The largest absolute Gasteiger partial charge is 0.481 e. The summed E-state index contributed by atoms with van der Waals surface area (Å²) in [7, 11) is 1.44. The molecule has 1 amide bonds. The molecular formula is C25H27FN6O2. The number of hydrogen-bond donors (Lipinski definition) is 1. The average molecular weight is 466 g/mol. The van der Waals surface area contributed by atoms with E-state index >= 15 is 0 Å². The Labute approximate surface area is 201 Å². The molecule has 2 aliphatic rings. The number of carbonyl (C=O) groups is 1. The van der Waals surface area contributed by atoms with Crippen LogP contribution in [0, 0.1) is 12.7 Å². The third kappa shape index (κ3) is 3.95. The summed E-state index contributed by atoms with van der Waals surface area (Å²) < 4.78 is 43.6. The minimum Gasteiger partial charge on any atom is -0.481 e. The van der Waals surface area contributed by atoms with Gasteiger partial charge < -0.3 is 15.0 Å². The fraction of sp³-hybridized carbons (Fsp3) is 0.400. The van der Waals surface area contributed by atoms with Crippen LogP contribution in [0.3, 0.4) is 0 Å². The monoisotopic (exact) mass is 465 g/mol. The van der Waals surface area contributed by atoms with Gasteiger partial charge in [0, 0.05) is 46.8 Å². The molecule has 8 nitrogen and oxygen atoms in total. The number of nitrogens with one attached hydrogen (secondary N) is 1. The number of likely N-dealkylation sites (tertiary alicyclic amines) is 1. The van der Waals surface area contributed by atoms with E-state index in [9.17, 15) is 9.18 Å². The molecule has 0 unspecified atom stereocenters. The molecule has 0 aromatic carbocycles. The summed E-state index contributed by atoms with van der Waals surface area (Å²) in [5.41, 5.74) is 0.998. The molecule has 5 heterocycles. The second-order valence-electron chi connectivity index (χ2n) is 8.85. The van der Waals surface area contributed by atoms with E-state index in [1.54, 1.807) is 36.4 Å². The van der Waals surface area contributed by atoms with E-state index in [2.05, 4.69) is 25.3 Å². The Balaban J connectivity index is 1.39. The Bertz CT molecular complexity index is 1340. The van der Waals surface area contributed by atoms with Gasteiger partial charge in [-0.05, 0) is 50.7 Å². The molecule has 1 fully saturated rings. The minimum atomic E-state index is -2.46. The van der Waals surface area contributed by atoms with Gasteiger partial charge in [-0.2, -0.15) is 0 Å². The Morgan fingerprint density at radius 3 is 2.88 bits per heavy atom. The van der Waals surface area contributed by atoms with E-state index in [-0.39, 0.29) is 23.0 Å². The standard InChI is InChI=1S/C25H27FN6O2/c1-15(18-12-21(34-3)29-13-20(18)26)24(33)32-10-7-25(14-32)6-5-17-11-19(16(2)30-22(17)31-25)23-27-8-4-9-28-23/h4,8-9,11-13,15H,5-7,10,14H2,1-3H3,(H,30,31)/t15-,25+/m1/s1/i2D3. The number of halogens is 1. The van der Waals surface area contributed by atoms with Crippen LogP contribution in [0.1, 0.15) is 46.6 Å². The van der Waals surface area contributed by atoms with Crippen molar-refractivity contribution in [1.82, 2.24) is 24.8 Å². The first-order valence-corrected chi connectivity index (χ1v) is 11.2. The first kappa shape index (κ1) is 18.8. The van der Waals surface area contributed by atoms with Gasteiger partial charge in [0.15, 0.2) is 5.82 Å². The lowest BCUT2D eigenvalue weighted by Crippen LogP contribution is -2.46. The number of amides is 1. The Morgan fingerprint density at radius 2 is 2.12 bits per heavy atom. The first-order chi connectivity index (χ1) is 17.6. The molecular weight excluding hydrogens is 435 g/mol. The van der Waals surface area contributed by atoms with Crippen molar-refractivity contribution in [3.05, 3.63) is 59.4 Å². The highest BCUT2D eigenvalue weighted by Gasteiger charge is 2.43. The quantitative estimate of drug-likeness (QED) is 0.630. The molecule has 0 radical (unpaired) electrons. The van der Waals surface area contributed by atoms with Crippen molar-refractivity contribution in [2.75, 3.05) is 25.5 Å². The SMILES string of the molecule is [2H]C([2H])([2H])c1nc2c(cc1-c1ncccn1)CC[C@@]1(CCN(C(=O)[C@H](C)c3cc(OC)ncc3F)C1)N2. The molecule has 2 atom stereocenters. The van der Waals surface area contributed by atoms with Crippen LogP contribution in [0.2, 0.25) is 0 Å². The number of fused-ring (bicyclic) bond motifs is 1. The lowest BCUT2D eigenvalue weighted by molar-refractivity contribution is -0.131. The number of rotatable bonds is 4. The zero-order chi connectivity index (χ0) is 26.4. The molecule has 1 N–H and O–H groups in total. The van der Waals surface area contributed by atoms with E-state index in [4.69, 9.17) is 8.85 Å². The average Bonchev–Trinajstić information content (AvgIpc) is 3.30. The molecule has 0 bridgehead atoms. The number of hydrogen-bond acceptors (Lipinski definition) is 7. The van der Waals surface area contributed by atoms with Crippen molar-refractivity contribution in [2.45, 2.75) is 44.5 Å². The Morgan fingerprint density at radius 1 is 1.29 bits per heavy atom. The second kappa shape index (κ2) is 8.62. The van der Waals surface area contributed by atoms with Gasteiger partial charge >= 0.3 is 0 Å². The van der Waals surface area contributed by atoms with Gasteiger partial charge in [0.05, 0.1) is 30.5 Å². The van der Waals surface area contributed by atoms with Crippen molar-refractivity contribution in [1.29, 1.82) is 0 Å². The van der Waals surface area contributed by atoms with Gasteiger partial charge in [-0.25, -0.2) is 24.3 Å². The molecule has 9 heteroatoms. The fourth-order valence-corrected chi connectivity index (χ4v) is 4.80. The highest BCUT2D eigenvalue weighted by molar-refractivity contribution is 5.84. The van der Waals surface area contributed by atoms with Crippen LogP contribution >= 0.6 is 0 Å². The van der Waals surface area contributed by atoms with Crippen molar-refractivity contribution in [2.24, 2.45) is 0 Å². The zero-order valence-electron chi connectivity index (χ0n) is 22.0. The lowest BCUT2D eigenvalue weighted by Gasteiger charge is -2.36. The minimum absolute atomic E-state index is 0.0661. The van der Waals surface area contributed by atoms with Crippen LogP contribution in [0.15, 0.2) is 36.8 Å². The maximum absolute atomic E-state index is 14.4. The van der Waals surface area contributed by atoms with Gasteiger partial charge in [-0.3, -0.25) is 4.79 Å². The Kier molecular flexibility index (Phi) is 4.76. The summed E-state index contributed by atoms with van der Waals surface area (Å²) in [5.74, 6) is -0.392. The van der Waals surface area contributed by atoms with E-state index in [1.807, 2.05) is 0 Å². The third-order valence-electron chi connectivity index (χ3n) is 6.74. The number of pyridine rings is 2. The van der Waals surface area contributed by atoms with Crippen molar-refractivity contribution >= 4 is 11.7 Å². The number of ether oxygens (including phenoxy) is 1. The molecule has 0 aliphatic carbocycles. The molecule has 3 aromatic rings. The Hall–Kier alpha value is -3.62. The van der Waals surface area contributed by atoms with Crippen molar-refractivity contribution < 1.29 is 18.0 Å². The van der Waals surface area contributed by atoms with Crippen molar-refractivity contribution in [3.8, 4) is 17.3 Å². The topological polar surface area (TPSA) is 93.1 Å². The number of methoxy groups -OCH3 is 1. The van der Waals surface area contributed by atoms with Gasteiger partial charge in [-0.1, -0.05) is 0 Å². The summed E-state index contributed by atoms with van der Waals surface area (Å²) in [4.78, 5) is 31.9. The summed E-state index contributed by atoms with van der Waals surface area (Å²) >= 11 is 0. The number of carbonyl (C=O) groups excluding carboxylic acids is 1. The maximum Gasteiger partial charge on any atom is 0.230 e. The van der Waals surface area contributed by atoms with E-state index in [1.165, 1.54) is 13.2 Å². The first-order valence-electron chi connectivity index (χ1n) is 12.7. The van der Waals surface area contributed by atoms with Crippen LogP contribution in [-0.2, 0) is 11.2 Å². The molecule has 176 valence electrons. The maximum atomic E-state index is 14.4. The van der Waals surface area contributed by atoms with Gasteiger partial charge in [0.1, 0.15) is 11.6 Å². The van der Waals surface area contributed by atoms with Crippen molar-refractivity contribution in [3.63, 3.8) is 0 Å². The summed E-state index contributed by atoms with van der Waals surface area (Å²) in [6.45, 7) is 0.121. The van der Waals surface area contributed by atoms with E-state index in [0.29, 0.717) is 43.1 Å². The molecule has 1 saturated heterocycles. The molecule has 1 spiro atoms. The number of aromatic nitrogens is 4. The third-order valence-corrected chi connectivity index (χ3v) is 6.74. The van der Waals surface area contributed by atoms with Gasteiger partial charge in [-0.15, -0.1) is 0 Å². The highest BCUT2D eigenvalue weighted by Crippen LogP contribution is 2.38. The summed E-state index contributed by atoms with van der Waals surface area (Å²) in [6.07, 6.45) is 6.26. The van der Waals surface area contributed by atoms with E-state index < -0.39 is 24.1 Å². The van der Waals surface area contributed by atoms with E-state index in [0.717, 1.165) is 18.2 Å². The number of anilines is 1. The lowest BCUT2D eigenvalue weighted by atomic mass is 9.86. The summed E-state index contributed by atoms with van der Waals surface area (Å²) in [5, 5.41) is 3.46. The highest BCUT2D eigenvalue weighted by atomic mass is 19.1. The molecule has 2 aliphatic heterocycles. The van der Waals surface area contributed by atoms with Crippen LogP contribution in [-0.4, -0.2) is 56.5 Å². The second-order valence-corrected chi connectivity index (χ2v) is 8.85. The van der Waals surface area contributed by atoms with Gasteiger partial charge in [0.2, 0.25) is 11.8 Å². The molecule has 3 aromatic heterocycles. The predicted molar refractivity (Wildman–Crippen MR) is 125 cm³/mol. The zero-order valence-corrected chi connectivity index (χ0v) is 19.0. The molecule has 5 rings (SSSR count). The summed E-state index contributed by atoms with van der Waals surface area (Å²) in [6, 6.07) is 4.93. The van der Waals surface area contributed by atoms with Crippen LogP contribution in [0.25, 0.3) is 11.4 Å². The smallest absolute Gasteiger partial charge is 0.230 e. The van der Waals surface area contributed by atoms with Crippen LogP contribution in [0.5, 0.6) is 5.88 Å². The molecule has 34 heavy (non-hydrogen) atoms. The van der Waals surface area contributed by atoms with Crippen LogP contribution < -0.4 is 10.1 Å². The predicted octanol–water partition coefficient (Wildman–Crippen LogP) is 3.52. The number of nitrogens with zero attached hydrogens (tertiary/aromatic N) is 5.